The van der Waals surface area contributed by atoms with Crippen LogP contribution in [0.4, 0.5) is 4.39 Å². The van der Waals surface area contributed by atoms with E-state index in [4.69, 9.17) is 8.83 Å². The van der Waals surface area contributed by atoms with Crippen LogP contribution in [0.3, 0.4) is 0 Å². The lowest BCUT2D eigenvalue weighted by atomic mass is 10.0. The number of hydrogen-bond donors (Lipinski definition) is 1. The van der Waals surface area contributed by atoms with E-state index in [1.165, 1.54) is 6.07 Å². The SMILES string of the molecule is O=C(CN1CCCC[C@@H]1c1nnc(-c2ccccc2F)o1)NCc1ccco1. The number of rotatable bonds is 6. The smallest absolute Gasteiger partial charge is 0.250 e. The van der Waals surface area contributed by atoms with Crippen molar-refractivity contribution < 1.29 is 18.0 Å². The van der Waals surface area contributed by atoms with Crippen molar-refractivity contribution in [3.63, 3.8) is 0 Å². The van der Waals surface area contributed by atoms with Crippen molar-refractivity contribution in [2.45, 2.75) is 31.8 Å². The summed E-state index contributed by atoms with van der Waals surface area (Å²) >= 11 is 0. The summed E-state index contributed by atoms with van der Waals surface area (Å²) in [7, 11) is 0. The highest BCUT2D eigenvalue weighted by atomic mass is 19.1. The van der Waals surface area contributed by atoms with Crippen molar-refractivity contribution in [3.8, 4) is 11.5 Å². The molecule has 1 fully saturated rings. The van der Waals surface area contributed by atoms with Crippen LogP contribution in [-0.4, -0.2) is 34.1 Å². The van der Waals surface area contributed by atoms with Gasteiger partial charge in [0.05, 0.1) is 31.0 Å². The van der Waals surface area contributed by atoms with Crippen LogP contribution < -0.4 is 5.32 Å². The molecule has 1 aliphatic heterocycles. The third kappa shape index (κ3) is 4.12. The molecule has 146 valence electrons. The second kappa shape index (κ2) is 8.35. The molecule has 7 nitrogen and oxygen atoms in total. The quantitative estimate of drug-likeness (QED) is 0.702. The number of nitrogens with zero attached hydrogens (tertiary/aromatic N) is 3. The Labute approximate surface area is 161 Å². The molecule has 2 aromatic heterocycles. The maximum absolute atomic E-state index is 14.0. The molecule has 8 heteroatoms. The molecule has 1 N–H and O–H groups in total. The molecule has 0 spiro atoms. The lowest BCUT2D eigenvalue weighted by Crippen LogP contribution is -2.41. The highest BCUT2D eigenvalue weighted by molar-refractivity contribution is 5.78. The lowest BCUT2D eigenvalue weighted by Gasteiger charge is -2.32. The minimum atomic E-state index is -0.407. The topological polar surface area (TPSA) is 84.4 Å². The number of furan rings is 1. The molecule has 3 heterocycles. The van der Waals surface area contributed by atoms with Crippen molar-refractivity contribution in [1.29, 1.82) is 0 Å². The van der Waals surface area contributed by atoms with Gasteiger partial charge in [0, 0.05) is 0 Å². The first kappa shape index (κ1) is 18.4. The summed E-state index contributed by atoms with van der Waals surface area (Å²) in [6, 6.07) is 9.73. The van der Waals surface area contributed by atoms with E-state index < -0.39 is 5.82 Å². The summed E-state index contributed by atoms with van der Waals surface area (Å²) < 4.78 is 25.0. The van der Waals surface area contributed by atoms with Gasteiger partial charge in [0.2, 0.25) is 11.8 Å². The molecule has 1 aliphatic rings. The third-order valence-corrected chi connectivity index (χ3v) is 4.83. The number of piperidine rings is 1. The van der Waals surface area contributed by atoms with Crippen LogP contribution in [-0.2, 0) is 11.3 Å². The third-order valence-electron chi connectivity index (χ3n) is 4.83. The molecule has 0 aliphatic carbocycles. The van der Waals surface area contributed by atoms with Crippen LogP contribution in [0.25, 0.3) is 11.5 Å². The fraction of sp³-hybridized carbons (Fsp3) is 0.350. The predicted octanol–water partition coefficient (Wildman–Crippen LogP) is 3.31. The van der Waals surface area contributed by atoms with Gasteiger partial charge in [-0.3, -0.25) is 9.69 Å². The zero-order chi connectivity index (χ0) is 19.3. The molecule has 1 aromatic carbocycles. The Hall–Kier alpha value is -3.00. The zero-order valence-corrected chi connectivity index (χ0v) is 15.3. The molecule has 0 radical (unpaired) electrons. The summed E-state index contributed by atoms with van der Waals surface area (Å²) in [4.78, 5) is 14.4. The Kier molecular flexibility index (Phi) is 5.48. The van der Waals surface area contributed by atoms with Crippen molar-refractivity contribution in [2.24, 2.45) is 0 Å². The zero-order valence-electron chi connectivity index (χ0n) is 15.3. The number of carbonyl (C=O) groups is 1. The molecule has 1 saturated heterocycles. The predicted molar refractivity (Wildman–Crippen MR) is 98.4 cm³/mol. The van der Waals surface area contributed by atoms with Gasteiger partial charge in [-0.15, -0.1) is 10.2 Å². The Morgan fingerprint density at radius 1 is 1.21 bits per heavy atom. The maximum Gasteiger partial charge on any atom is 0.250 e. The van der Waals surface area contributed by atoms with Crippen LogP contribution in [0.5, 0.6) is 0 Å². The maximum atomic E-state index is 14.0. The van der Waals surface area contributed by atoms with Gasteiger partial charge in [0.1, 0.15) is 11.6 Å². The summed E-state index contributed by atoms with van der Waals surface area (Å²) in [5.41, 5.74) is 0.278. The minimum Gasteiger partial charge on any atom is -0.467 e. The number of benzene rings is 1. The van der Waals surface area contributed by atoms with Crippen molar-refractivity contribution in [3.05, 3.63) is 60.1 Å². The highest BCUT2D eigenvalue weighted by Crippen LogP contribution is 2.32. The number of amides is 1. The standard InChI is InChI=1S/C20H21FN4O3/c21-16-8-2-1-7-15(16)19-23-24-20(28-19)17-9-3-4-10-25(17)13-18(26)22-12-14-6-5-11-27-14/h1-2,5-8,11,17H,3-4,9-10,12-13H2,(H,22,26)/t17-/m1/s1. The van der Waals surface area contributed by atoms with Gasteiger partial charge in [-0.25, -0.2) is 4.39 Å². The summed E-state index contributed by atoms with van der Waals surface area (Å²) in [6.07, 6.45) is 4.39. The lowest BCUT2D eigenvalue weighted by molar-refractivity contribution is -0.123. The van der Waals surface area contributed by atoms with E-state index in [1.54, 1.807) is 30.5 Å². The molecule has 3 aromatic rings. The number of aromatic nitrogens is 2. The Morgan fingerprint density at radius 3 is 2.93 bits per heavy atom. The monoisotopic (exact) mass is 384 g/mol. The molecular formula is C20H21FN4O3. The normalized spacial score (nSPS) is 17.5. The molecule has 1 atom stereocenters. The molecule has 0 unspecified atom stereocenters. The van der Waals surface area contributed by atoms with E-state index in [2.05, 4.69) is 15.5 Å². The van der Waals surface area contributed by atoms with E-state index in [-0.39, 0.29) is 29.9 Å². The van der Waals surface area contributed by atoms with Crippen LogP contribution >= 0.6 is 0 Å². The first-order valence-electron chi connectivity index (χ1n) is 9.32. The van der Waals surface area contributed by atoms with Crippen LogP contribution in [0.2, 0.25) is 0 Å². The summed E-state index contributed by atoms with van der Waals surface area (Å²) in [6.45, 7) is 1.33. The highest BCUT2D eigenvalue weighted by Gasteiger charge is 2.30. The van der Waals surface area contributed by atoms with Gasteiger partial charge < -0.3 is 14.2 Å². The number of hydrogen-bond acceptors (Lipinski definition) is 6. The summed E-state index contributed by atoms with van der Waals surface area (Å²) in [5, 5.41) is 11.0. The minimum absolute atomic E-state index is 0.0999. The van der Waals surface area contributed by atoms with Gasteiger partial charge in [-0.2, -0.15) is 0 Å². The fourth-order valence-electron chi connectivity index (χ4n) is 3.41. The molecule has 0 saturated carbocycles. The van der Waals surface area contributed by atoms with Crippen LogP contribution in [0.1, 0.15) is 37.0 Å². The van der Waals surface area contributed by atoms with Gasteiger partial charge in [-0.1, -0.05) is 18.6 Å². The second-order valence-electron chi connectivity index (χ2n) is 6.76. The van der Waals surface area contributed by atoms with E-state index in [0.717, 1.165) is 25.8 Å². The van der Waals surface area contributed by atoms with Gasteiger partial charge in [-0.05, 0) is 43.7 Å². The van der Waals surface area contributed by atoms with Crippen molar-refractivity contribution in [1.82, 2.24) is 20.4 Å². The molecular weight excluding hydrogens is 363 g/mol. The van der Waals surface area contributed by atoms with E-state index >= 15 is 0 Å². The van der Waals surface area contributed by atoms with E-state index in [1.807, 2.05) is 11.0 Å². The average molecular weight is 384 g/mol. The van der Waals surface area contributed by atoms with Crippen molar-refractivity contribution >= 4 is 5.91 Å². The molecule has 4 rings (SSSR count). The van der Waals surface area contributed by atoms with Gasteiger partial charge in [0.15, 0.2) is 0 Å². The first-order chi connectivity index (χ1) is 13.7. The Morgan fingerprint density at radius 2 is 2.11 bits per heavy atom. The number of carbonyl (C=O) groups excluding carboxylic acids is 1. The van der Waals surface area contributed by atoms with Crippen LogP contribution in [0, 0.1) is 5.82 Å². The van der Waals surface area contributed by atoms with Crippen LogP contribution in [0.15, 0.2) is 51.5 Å². The van der Waals surface area contributed by atoms with Crippen molar-refractivity contribution in [2.75, 3.05) is 13.1 Å². The number of nitrogens with one attached hydrogen (secondary N) is 1. The number of likely N-dealkylation sites (tertiary alicyclic amines) is 1. The Balaban J connectivity index is 1.44. The van der Waals surface area contributed by atoms with Gasteiger partial charge >= 0.3 is 0 Å². The van der Waals surface area contributed by atoms with Gasteiger partial charge in [0.25, 0.3) is 5.89 Å². The Bertz CT molecular complexity index is 925. The molecule has 28 heavy (non-hydrogen) atoms. The summed E-state index contributed by atoms with van der Waals surface area (Å²) in [5.74, 6) is 0.764. The second-order valence-corrected chi connectivity index (χ2v) is 6.76. The first-order valence-corrected chi connectivity index (χ1v) is 9.32. The molecule has 0 bridgehead atoms. The average Bonchev–Trinajstić information content (AvgIpc) is 3.39. The van der Waals surface area contributed by atoms with E-state index in [0.29, 0.717) is 18.2 Å². The fourth-order valence-corrected chi connectivity index (χ4v) is 3.41. The number of halogens is 1. The largest absolute Gasteiger partial charge is 0.467 e. The van der Waals surface area contributed by atoms with E-state index in [9.17, 15) is 9.18 Å². The molecule has 1 amide bonds.